The lowest BCUT2D eigenvalue weighted by molar-refractivity contribution is 0.286. The Labute approximate surface area is 155 Å². The number of likely N-dealkylation sites (N-methyl/N-ethyl adjacent to an activating group) is 1. The molecular formula is C16H29IN4S. The summed E-state index contributed by atoms with van der Waals surface area (Å²) in [7, 11) is 0. The number of hydrogen-bond acceptors (Lipinski definition) is 3. The molecule has 0 amide bonds. The van der Waals surface area contributed by atoms with Gasteiger partial charge in [0.25, 0.3) is 0 Å². The van der Waals surface area contributed by atoms with Gasteiger partial charge in [-0.25, -0.2) is 0 Å². The van der Waals surface area contributed by atoms with Crippen LogP contribution in [0.4, 0.5) is 0 Å². The molecule has 0 saturated heterocycles. The summed E-state index contributed by atoms with van der Waals surface area (Å²) in [6, 6.07) is 5.13. The first-order chi connectivity index (χ1) is 10.3. The maximum absolute atomic E-state index is 4.69. The summed E-state index contributed by atoms with van der Waals surface area (Å²) in [6.07, 6.45) is 3.80. The lowest BCUT2D eigenvalue weighted by Crippen LogP contribution is -2.39. The molecule has 1 fully saturated rings. The molecule has 0 atom stereocenters. The largest absolute Gasteiger partial charge is 0.357 e. The van der Waals surface area contributed by atoms with Crippen LogP contribution in [-0.2, 0) is 6.42 Å². The van der Waals surface area contributed by atoms with Crippen LogP contribution in [-0.4, -0.2) is 49.6 Å². The predicted molar refractivity (Wildman–Crippen MR) is 108 cm³/mol. The van der Waals surface area contributed by atoms with Gasteiger partial charge >= 0.3 is 0 Å². The van der Waals surface area contributed by atoms with E-state index in [9.17, 15) is 0 Å². The molecule has 0 bridgehead atoms. The van der Waals surface area contributed by atoms with E-state index in [2.05, 4.69) is 51.9 Å². The summed E-state index contributed by atoms with van der Waals surface area (Å²) >= 11 is 1.82. The Morgan fingerprint density at radius 3 is 2.77 bits per heavy atom. The molecule has 0 spiro atoms. The lowest BCUT2D eigenvalue weighted by atomic mass is 10.3. The highest BCUT2D eigenvalue weighted by Crippen LogP contribution is 2.25. The Balaban J connectivity index is 0.00000242. The van der Waals surface area contributed by atoms with Crippen LogP contribution < -0.4 is 10.6 Å². The molecule has 1 aromatic rings. The average molecular weight is 436 g/mol. The predicted octanol–water partition coefficient (Wildman–Crippen LogP) is 2.95. The minimum atomic E-state index is 0. The molecule has 0 unspecified atom stereocenters. The molecule has 4 nitrogen and oxygen atoms in total. The third kappa shape index (κ3) is 7.28. The molecule has 1 saturated carbocycles. The first-order valence-electron chi connectivity index (χ1n) is 8.12. The van der Waals surface area contributed by atoms with Gasteiger partial charge in [0.15, 0.2) is 5.96 Å². The Morgan fingerprint density at radius 1 is 1.36 bits per heavy atom. The van der Waals surface area contributed by atoms with Gasteiger partial charge in [0.1, 0.15) is 0 Å². The van der Waals surface area contributed by atoms with Gasteiger partial charge < -0.3 is 10.6 Å². The SMILES string of the molecule is CCNC(=NCCN(CC)C1CC1)NCCc1cccs1.I. The molecule has 126 valence electrons. The molecule has 0 aromatic carbocycles. The zero-order chi connectivity index (χ0) is 14.9. The highest BCUT2D eigenvalue weighted by atomic mass is 127. The molecule has 1 aliphatic carbocycles. The van der Waals surface area contributed by atoms with Crippen LogP contribution in [0.2, 0.25) is 0 Å². The third-order valence-corrected chi connectivity index (χ3v) is 4.65. The van der Waals surface area contributed by atoms with E-state index in [-0.39, 0.29) is 24.0 Å². The van der Waals surface area contributed by atoms with Crippen molar-refractivity contribution in [3.63, 3.8) is 0 Å². The van der Waals surface area contributed by atoms with E-state index in [0.29, 0.717) is 0 Å². The quantitative estimate of drug-likeness (QED) is 0.355. The smallest absolute Gasteiger partial charge is 0.191 e. The van der Waals surface area contributed by atoms with Gasteiger partial charge in [-0.3, -0.25) is 9.89 Å². The molecule has 0 radical (unpaired) electrons. The van der Waals surface area contributed by atoms with E-state index in [1.807, 2.05) is 11.3 Å². The summed E-state index contributed by atoms with van der Waals surface area (Å²) in [6.45, 7) is 9.28. The highest BCUT2D eigenvalue weighted by Gasteiger charge is 2.27. The first-order valence-corrected chi connectivity index (χ1v) is 9.00. The van der Waals surface area contributed by atoms with Crippen LogP contribution in [0.25, 0.3) is 0 Å². The van der Waals surface area contributed by atoms with E-state index < -0.39 is 0 Å². The topological polar surface area (TPSA) is 39.7 Å². The molecular weight excluding hydrogens is 407 g/mol. The van der Waals surface area contributed by atoms with Gasteiger partial charge in [-0.2, -0.15) is 0 Å². The second kappa shape index (κ2) is 11.2. The number of rotatable bonds is 9. The van der Waals surface area contributed by atoms with Gasteiger partial charge in [-0.1, -0.05) is 13.0 Å². The number of guanidine groups is 1. The van der Waals surface area contributed by atoms with Gasteiger partial charge in [0.2, 0.25) is 0 Å². The fourth-order valence-electron chi connectivity index (χ4n) is 2.43. The average Bonchev–Trinajstić information content (AvgIpc) is 3.20. The zero-order valence-electron chi connectivity index (χ0n) is 13.7. The molecule has 1 aliphatic rings. The summed E-state index contributed by atoms with van der Waals surface area (Å²) in [4.78, 5) is 8.65. The van der Waals surface area contributed by atoms with E-state index in [0.717, 1.165) is 51.1 Å². The number of thiophene rings is 1. The second-order valence-corrected chi connectivity index (χ2v) is 6.41. The molecule has 2 rings (SSSR count). The Kier molecular flexibility index (Phi) is 10.1. The van der Waals surface area contributed by atoms with E-state index in [1.165, 1.54) is 17.7 Å². The van der Waals surface area contributed by atoms with Crippen molar-refractivity contribution in [2.24, 2.45) is 4.99 Å². The standard InChI is InChI=1S/C16H28N4S.HI/c1-3-17-16(18-10-9-15-6-5-13-21-15)19-11-12-20(4-2)14-7-8-14;/h5-6,13-14H,3-4,7-12H2,1-2H3,(H2,17,18,19);1H. The fourth-order valence-corrected chi connectivity index (χ4v) is 3.14. The van der Waals surface area contributed by atoms with Crippen molar-refractivity contribution in [2.75, 3.05) is 32.7 Å². The maximum Gasteiger partial charge on any atom is 0.191 e. The molecule has 1 aromatic heterocycles. The molecule has 2 N–H and O–H groups in total. The van der Waals surface area contributed by atoms with Crippen LogP contribution in [0.15, 0.2) is 22.5 Å². The van der Waals surface area contributed by atoms with Crippen molar-refractivity contribution < 1.29 is 0 Å². The van der Waals surface area contributed by atoms with E-state index in [4.69, 9.17) is 0 Å². The highest BCUT2D eigenvalue weighted by molar-refractivity contribution is 14.0. The van der Waals surface area contributed by atoms with E-state index >= 15 is 0 Å². The zero-order valence-corrected chi connectivity index (χ0v) is 16.8. The number of aliphatic imine (C=N–C) groups is 1. The second-order valence-electron chi connectivity index (χ2n) is 5.38. The van der Waals surface area contributed by atoms with Crippen molar-refractivity contribution in [2.45, 2.75) is 39.2 Å². The number of nitrogens with one attached hydrogen (secondary N) is 2. The van der Waals surface area contributed by atoms with Crippen molar-refractivity contribution >= 4 is 41.3 Å². The van der Waals surface area contributed by atoms with Crippen LogP contribution in [0.3, 0.4) is 0 Å². The molecule has 6 heteroatoms. The van der Waals surface area contributed by atoms with Crippen molar-refractivity contribution in [3.8, 4) is 0 Å². The molecule has 22 heavy (non-hydrogen) atoms. The summed E-state index contributed by atoms with van der Waals surface area (Å²) < 4.78 is 0. The van der Waals surface area contributed by atoms with Gasteiger partial charge in [0, 0.05) is 30.6 Å². The van der Waals surface area contributed by atoms with Crippen LogP contribution in [0, 0.1) is 0 Å². The Bertz CT molecular complexity index is 418. The number of hydrogen-bond donors (Lipinski definition) is 2. The minimum absolute atomic E-state index is 0. The molecule has 1 heterocycles. The summed E-state index contributed by atoms with van der Waals surface area (Å²) in [5.41, 5.74) is 0. The van der Waals surface area contributed by atoms with Crippen molar-refractivity contribution in [3.05, 3.63) is 22.4 Å². The van der Waals surface area contributed by atoms with Crippen molar-refractivity contribution in [1.82, 2.24) is 15.5 Å². The lowest BCUT2D eigenvalue weighted by Gasteiger charge is -2.18. The number of halogens is 1. The summed E-state index contributed by atoms with van der Waals surface area (Å²) in [5.74, 6) is 0.945. The normalized spacial score (nSPS) is 14.8. The number of nitrogens with zero attached hydrogens (tertiary/aromatic N) is 2. The maximum atomic E-state index is 4.69. The Morgan fingerprint density at radius 2 is 2.18 bits per heavy atom. The molecule has 0 aliphatic heterocycles. The van der Waals surface area contributed by atoms with Crippen LogP contribution >= 0.6 is 35.3 Å². The van der Waals surface area contributed by atoms with Gasteiger partial charge in [-0.05, 0) is 44.2 Å². The Hall–Kier alpha value is -0.340. The minimum Gasteiger partial charge on any atom is -0.357 e. The monoisotopic (exact) mass is 436 g/mol. The van der Waals surface area contributed by atoms with Crippen LogP contribution in [0.1, 0.15) is 31.6 Å². The van der Waals surface area contributed by atoms with Crippen molar-refractivity contribution in [1.29, 1.82) is 0 Å². The van der Waals surface area contributed by atoms with Gasteiger partial charge in [-0.15, -0.1) is 35.3 Å². The van der Waals surface area contributed by atoms with Crippen LogP contribution in [0.5, 0.6) is 0 Å². The first kappa shape index (κ1) is 19.7. The van der Waals surface area contributed by atoms with Gasteiger partial charge in [0.05, 0.1) is 6.54 Å². The fraction of sp³-hybridized carbons (Fsp3) is 0.688. The summed E-state index contributed by atoms with van der Waals surface area (Å²) in [5, 5.41) is 8.88. The van der Waals surface area contributed by atoms with E-state index in [1.54, 1.807) is 0 Å². The third-order valence-electron chi connectivity index (χ3n) is 3.71.